The van der Waals surface area contributed by atoms with Gasteiger partial charge in [-0.1, -0.05) is 26.0 Å². The molecule has 0 amide bonds. The van der Waals surface area contributed by atoms with Crippen LogP contribution < -0.4 is 5.73 Å². The van der Waals surface area contributed by atoms with Crippen LogP contribution in [-0.4, -0.2) is 6.21 Å². The summed E-state index contributed by atoms with van der Waals surface area (Å²) in [5.74, 6) is 0.540. The second kappa shape index (κ2) is 4.72. The molecule has 0 fully saturated rings. The quantitative estimate of drug-likeness (QED) is 0.619. The first kappa shape index (κ1) is 11.9. The van der Waals surface area contributed by atoms with Crippen LogP contribution in [-0.2, 0) is 0 Å². The largest absolute Gasteiger partial charge is 0.398 e. The molecule has 0 aliphatic carbocycles. The minimum atomic E-state index is 0.540. The maximum atomic E-state index is 7.47. The fourth-order valence-corrected chi connectivity index (χ4v) is 2.82. The van der Waals surface area contributed by atoms with Crippen LogP contribution in [0.1, 0.15) is 30.2 Å². The van der Waals surface area contributed by atoms with Crippen molar-refractivity contribution in [1.82, 2.24) is 0 Å². The summed E-state index contributed by atoms with van der Waals surface area (Å²) < 4.78 is 0. The first-order valence-corrected chi connectivity index (χ1v) is 6.44. The van der Waals surface area contributed by atoms with Gasteiger partial charge in [0.1, 0.15) is 0 Å². The fraction of sp³-hybridized carbons (Fsp3) is 0.214. The van der Waals surface area contributed by atoms with E-state index in [0.29, 0.717) is 11.6 Å². The second-order valence-electron chi connectivity index (χ2n) is 4.31. The summed E-state index contributed by atoms with van der Waals surface area (Å²) in [4.78, 5) is 2.54. The lowest BCUT2D eigenvalue weighted by atomic mass is 10.0. The smallest absolute Gasteiger partial charge is 0.0409 e. The molecule has 0 saturated heterocycles. The molecule has 2 aromatic rings. The van der Waals surface area contributed by atoms with Gasteiger partial charge in [-0.15, -0.1) is 11.3 Å². The van der Waals surface area contributed by atoms with E-state index in [1.807, 2.05) is 18.2 Å². The third-order valence-electron chi connectivity index (χ3n) is 2.75. The van der Waals surface area contributed by atoms with Gasteiger partial charge in [0, 0.05) is 32.8 Å². The second-order valence-corrected chi connectivity index (χ2v) is 5.42. The molecule has 0 bridgehead atoms. The Bertz CT molecular complexity index is 541. The van der Waals surface area contributed by atoms with E-state index < -0.39 is 0 Å². The number of hydrogen-bond acceptors (Lipinski definition) is 3. The predicted octanol–water partition coefficient (Wildman–Crippen LogP) is 4.12. The molecule has 0 unspecified atom stereocenters. The fourth-order valence-electron chi connectivity index (χ4n) is 1.77. The number of thiophene rings is 1. The maximum Gasteiger partial charge on any atom is 0.0409 e. The SMILES string of the molecule is CC(C)c1ccc(-c2cccc(N)c2C=N)s1. The number of nitrogen functional groups attached to an aromatic ring is 1. The van der Waals surface area contributed by atoms with Gasteiger partial charge in [-0.25, -0.2) is 0 Å². The van der Waals surface area contributed by atoms with Crippen molar-refractivity contribution in [2.45, 2.75) is 19.8 Å². The molecule has 0 aliphatic rings. The Hall–Kier alpha value is -1.61. The summed E-state index contributed by atoms with van der Waals surface area (Å²) in [6, 6.07) is 10.1. The van der Waals surface area contributed by atoms with E-state index in [-0.39, 0.29) is 0 Å². The Labute approximate surface area is 106 Å². The summed E-state index contributed by atoms with van der Waals surface area (Å²) in [6.07, 6.45) is 1.33. The monoisotopic (exact) mass is 244 g/mol. The zero-order chi connectivity index (χ0) is 12.4. The van der Waals surface area contributed by atoms with Crippen LogP contribution >= 0.6 is 11.3 Å². The van der Waals surface area contributed by atoms with Gasteiger partial charge in [0.25, 0.3) is 0 Å². The van der Waals surface area contributed by atoms with E-state index in [1.165, 1.54) is 16.0 Å². The molecule has 0 aliphatic heterocycles. The highest BCUT2D eigenvalue weighted by atomic mass is 32.1. The van der Waals surface area contributed by atoms with Crippen LogP contribution in [0.3, 0.4) is 0 Å². The van der Waals surface area contributed by atoms with E-state index in [4.69, 9.17) is 11.1 Å². The zero-order valence-electron chi connectivity index (χ0n) is 10.0. The minimum absolute atomic E-state index is 0.540. The van der Waals surface area contributed by atoms with Crippen LogP contribution in [0.5, 0.6) is 0 Å². The van der Waals surface area contributed by atoms with E-state index in [9.17, 15) is 0 Å². The molecule has 1 heterocycles. The number of anilines is 1. The Balaban J connectivity index is 2.52. The zero-order valence-corrected chi connectivity index (χ0v) is 10.8. The van der Waals surface area contributed by atoms with E-state index in [0.717, 1.165) is 11.1 Å². The summed E-state index contributed by atoms with van der Waals surface area (Å²) in [5, 5.41) is 7.47. The summed E-state index contributed by atoms with van der Waals surface area (Å²) in [5.41, 5.74) is 8.42. The predicted molar refractivity (Wildman–Crippen MR) is 76.1 cm³/mol. The summed E-state index contributed by atoms with van der Waals surface area (Å²) >= 11 is 1.77. The lowest BCUT2D eigenvalue weighted by Crippen LogP contribution is -1.94. The molecule has 3 N–H and O–H groups in total. The summed E-state index contributed by atoms with van der Waals surface area (Å²) in [6.45, 7) is 4.37. The number of hydrogen-bond donors (Lipinski definition) is 2. The Morgan fingerprint density at radius 1 is 1.24 bits per heavy atom. The van der Waals surface area contributed by atoms with Gasteiger partial charge in [0.05, 0.1) is 0 Å². The van der Waals surface area contributed by atoms with Crippen molar-refractivity contribution in [3.05, 3.63) is 40.8 Å². The van der Waals surface area contributed by atoms with Crippen LogP contribution in [0.2, 0.25) is 0 Å². The van der Waals surface area contributed by atoms with Gasteiger partial charge in [-0.05, 0) is 24.1 Å². The molecule has 0 spiro atoms. The number of benzene rings is 1. The first-order chi connectivity index (χ1) is 8.13. The standard InChI is InChI=1S/C14H16N2S/c1-9(2)13-6-7-14(17-13)10-4-3-5-12(16)11(10)8-15/h3-9,15H,16H2,1-2H3. The van der Waals surface area contributed by atoms with Crippen molar-refractivity contribution >= 4 is 23.2 Å². The molecule has 1 aromatic carbocycles. The number of rotatable bonds is 3. The molecule has 88 valence electrons. The maximum absolute atomic E-state index is 7.47. The Morgan fingerprint density at radius 2 is 2.00 bits per heavy atom. The molecule has 0 atom stereocenters. The van der Waals surface area contributed by atoms with Gasteiger partial charge < -0.3 is 11.1 Å². The van der Waals surface area contributed by atoms with Crippen LogP contribution in [0, 0.1) is 5.41 Å². The average Bonchev–Trinajstić information content (AvgIpc) is 2.77. The number of nitrogens with two attached hydrogens (primary N) is 1. The van der Waals surface area contributed by atoms with Gasteiger partial charge in [-0.2, -0.15) is 0 Å². The molecule has 1 aromatic heterocycles. The van der Waals surface area contributed by atoms with Crippen molar-refractivity contribution in [3.63, 3.8) is 0 Å². The Morgan fingerprint density at radius 3 is 2.59 bits per heavy atom. The molecular formula is C14H16N2S. The third-order valence-corrected chi connectivity index (χ3v) is 4.16. The van der Waals surface area contributed by atoms with Crippen molar-refractivity contribution in [3.8, 4) is 10.4 Å². The lowest BCUT2D eigenvalue weighted by molar-refractivity contribution is 0.890. The van der Waals surface area contributed by atoms with E-state index in [1.54, 1.807) is 11.3 Å². The highest BCUT2D eigenvalue weighted by Crippen LogP contribution is 2.34. The van der Waals surface area contributed by atoms with Crippen LogP contribution in [0.25, 0.3) is 10.4 Å². The average molecular weight is 244 g/mol. The Kier molecular flexibility index (Phi) is 3.29. The lowest BCUT2D eigenvalue weighted by Gasteiger charge is -2.06. The molecular weight excluding hydrogens is 228 g/mol. The van der Waals surface area contributed by atoms with Gasteiger partial charge in [-0.3, -0.25) is 0 Å². The molecule has 17 heavy (non-hydrogen) atoms. The highest BCUT2D eigenvalue weighted by molar-refractivity contribution is 7.15. The topological polar surface area (TPSA) is 49.9 Å². The van der Waals surface area contributed by atoms with Crippen molar-refractivity contribution in [2.75, 3.05) is 5.73 Å². The third kappa shape index (κ3) is 2.24. The molecule has 3 heteroatoms. The molecule has 2 nitrogen and oxygen atoms in total. The van der Waals surface area contributed by atoms with Crippen molar-refractivity contribution in [2.24, 2.45) is 0 Å². The van der Waals surface area contributed by atoms with E-state index >= 15 is 0 Å². The molecule has 0 radical (unpaired) electrons. The highest BCUT2D eigenvalue weighted by Gasteiger charge is 2.10. The normalized spacial score (nSPS) is 10.8. The van der Waals surface area contributed by atoms with Crippen LogP contribution in [0.4, 0.5) is 5.69 Å². The number of nitrogens with one attached hydrogen (secondary N) is 1. The van der Waals surface area contributed by atoms with Gasteiger partial charge in [0.15, 0.2) is 0 Å². The minimum Gasteiger partial charge on any atom is -0.398 e. The van der Waals surface area contributed by atoms with Gasteiger partial charge >= 0.3 is 0 Å². The molecule has 2 rings (SSSR count). The van der Waals surface area contributed by atoms with Crippen molar-refractivity contribution < 1.29 is 0 Å². The summed E-state index contributed by atoms with van der Waals surface area (Å²) in [7, 11) is 0. The van der Waals surface area contributed by atoms with Gasteiger partial charge in [0.2, 0.25) is 0 Å². The van der Waals surface area contributed by atoms with E-state index in [2.05, 4.69) is 26.0 Å². The molecule has 0 saturated carbocycles. The van der Waals surface area contributed by atoms with Crippen LogP contribution in [0.15, 0.2) is 30.3 Å². The first-order valence-electron chi connectivity index (χ1n) is 5.62. The van der Waals surface area contributed by atoms with Crippen molar-refractivity contribution in [1.29, 1.82) is 5.41 Å².